The lowest BCUT2D eigenvalue weighted by molar-refractivity contribution is 0.239. The van der Waals surface area contributed by atoms with Gasteiger partial charge in [0.05, 0.1) is 0 Å². The van der Waals surface area contributed by atoms with Crippen molar-refractivity contribution in [2.75, 3.05) is 0 Å². The van der Waals surface area contributed by atoms with Crippen LogP contribution in [0.15, 0.2) is 18.2 Å². The molecule has 0 spiro atoms. The summed E-state index contributed by atoms with van der Waals surface area (Å²) < 4.78 is 0. The van der Waals surface area contributed by atoms with E-state index in [1.807, 2.05) is 25.1 Å². The quantitative estimate of drug-likeness (QED) is 0.795. The van der Waals surface area contributed by atoms with E-state index in [1.165, 1.54) is 12.8 Å². The van der Waals surface area contributed by atoms with E-state index >= 15 is 0 Å². The molecule has 0 unspecified atom stereocenters. The van der Waals surface area contributed by atoms with Gasteiger partial charge in [-0.2, -0.15) is 0 Å². The molecule has 1 aliphatic carbocycles. The average molecular weight is 205 g/mol. The first-order valence-electron chi connectivity index (χ1n) is 5.67. The number of phenols is 1. The van der Waals surface area contributed by atoms with Crippen LogP contribution in [0.5, 0.6) is 5.75 Å². The standard InChI is InChI=1S/C13H19NO/c1-9-6-12(7-9)14-8-11-5-3-4-10(2)13(11)15/h3-5,9,12,14-15H,6-8H2,1-2H3. The summed E-state index contributed by atoms with van der Waals surface area (Å²) in [5, 5.41) is 13.3. The van der Waals surface area contributed by atoms with E-state index in [2.05, 4.69) is 12.2 Å². The number of benzene rings is 1. The van der Waals surface area contributed by atoms with Gasteiger partial charge in [-0.05, 0) is 31.2 Å². The Labute approximate surface area is 91.3 Å². The highest BCUT2D eigenvalue weighted by atomic mass is 16.3. The molecule has 0 heterocycles. The SMILES string of the molecule is Cc1cccc(CNC2CC(C)C2)c1O. The minimum Gasteiger partial charge on any atom is -0.507 e. The highest BCUT2D eigenvalue weighted by Gasteiger charge is 2.24. The topological polar surface area (TPSA) is 32.3 Å². The third kappa shape index (κ3) is 2.32. The first-order chi connectivity index (χ1) is 7.16. The fraction of sp³-hybridized carbons (Fsp3) is 0.538. The summed E-state index contributed by atoms with van der Waals surface area (Å²) in [5.41, 5.74) is 1.96. The van der Waals surface area contributed by atoms with Crippen LogP contribution in [0.2, 0.25) is 0 Å². The summed E-state index contributed by atoms with van der Waals surface area (Å²) in [6.07, 6.45) is 2.54. The number of aryl methyl sites for hydroxylation is 1. The lowest BCUT2D eigenvalue weighted by Gasteiger charge is -2.33. The summed E-state index contributed by atoms with van der Waals surface area (Å²) in [6.45, 7) is 5.00. The predicted molar refractivity (Wildman–Crippen MR) is 61.9 cm³/mol. The number of para-hydroxylation sites is 1. The molecule has 0 atom stereocenters. The average Bonchev–Trinajstić information content (AvgIpc) is 2.17. The Morgan fingerprint density at radius 2 is 2.13 bits per heavy atom. The van der Waals surface area contributed by atoms with Crippen molar-refractivity contribution < 1.29 is 5.11 Å². The van der Waals surface area contributed by atoms with Crippen molar-refractivity contribution in [1.29, 1.82) is 0 Å². The normalized spacial score (nSPS) is 24.9. The van der Waals surface area contributed by atoms with Gasteiger partial charge in [0.15, 0.2) is 0 Å². The number of aromatic hydroxyl groups is 1. The van der Waals surface area contributed by atoms with E-state index in [0.717, 1.165) is 23.6 Å². The molecule has 0 amide bonds. The summed E-state index contributed by atoms with van der Waals surface area (Å²) >= 11 is 0. The third-order valence-corrected chi connectivity index (χ3v) is 3.28. The molecule has 0 aromatic heterocycles. The van der Waals surface area contributed by atoms with Crippen molar-refractivity contribution in [2.24, 2.45) is 5.92 Å². The van der Waals surface area contributed by atoms with E-state index in [-0.39, 0.29) is 0 Å². The Kier molecular flexibility index (Phi) is 2.96. The van der Waals surface area contributed by atoms with Gasteiger partial charge in [-0.1, -0.05) is 25.1 Å². The summed E-state index contributed by atoms with van der Waals surface area (Å²) in [6, 6.07) is 6.57. The van der Waals surface area contributed by atoms with E-state index in [4.69, 9.17) is 0 Å². The molecule has 0 bridgehead atoms. The van der Waals surface area contributed by atoms with Crippen LogP contribution in [0.3, 0.4) is 0 Å². The zero-order chi connectivity index (χ0) is 10.8. The van der Waals surface area contributed by atoms with Crippen molar-refractivity contribution >= 4 is 0 Å². The van der Waals surface area contributed by atoms with E-state index in [0.29, 0.717) is 11.8 Å². The molecule has 0 saturated heterocycles. The minimum absolute atomic E-state index is 0.442. The third-order valence-electron chi connectivity index (χ3n) is 3.28. The van der Waals surface area contributed by atoms with Crippen molar-refractivity contribution in [2.45, 2.75) is 39.3 Å². The van der Waals surface area contributed by atoms with Crippen LogP contribution in [0.1, 0.15) is 30.9 Å². The maximum atomic E-state index is 9.81. The lowest BCUT2D eigenvalue weighted by atomic mass is 9.82. The van der Waals surface area contributed by atoms with Crippen LogP contribution in [0.4, 0.5) is 0 Å². The predicted octanol–water partition coefficient (Wildman–Crippen LogP) is 2.59. The molecular formula is C13H19NO. The van der Waals surface area contributed by atoms with Crippen molar-refractivity contribution in [3.8, 4) is 5.75 Å². The van der Waals surface area contributed by atoms with Crippen molar-refractivity contribution in [1.82, 2.24) is 5.32 Å². The lowest BCUT2D eigenvalue weighted by Crippen LogP contribution is -2.39. The van der Waals surface area contributed by atoms with E-state index in [9.17, 15) is 5.11 Å². The Morgan fingerprint density at radius 3 is 2.80 bits per heavy atom. The smallest absolute Gasteiger partial charge is 0.122 e. The van der Waals surface area contributed by atoms with Crippen LogP contribution < -0.4 is 5.32 Å². The summed E-state index contributed by atoms with van der Waals surface area (Å²) in [4.78, 5) is 0. The molecule has 0 aliphatic heterocycles. The Balaban J connectivity index is 1.91. The second-order valence-corrected chi connectivity index (χ2v) is 4.74. The summed E-state index contributed by atoms with van der Waals surface area (Å²) in [5.74, 6) is 1.31. The zero-order valence-corrected chi connectivity index (χ0v) is 9.46. The highest BCUT2D eigenvalue weighted by Crippen LogP contribution is 2.27. The fourth-order valence-electron chi connectivity index (χ4n) is 2.19. The van der Waals surface area contributed by atoms with Gasteiger partial charge in [-0.3, -0.25) is 0 Å². The molecule has 1 saturated carbocycles. The Hall–Kier alpha value is -1.02. The second kappa shape index (κ2) is 4.23. The molecular weight excluding hydrogens is 186 g/mol. The Bertz CT molecular complexity index is 342. The van der Waals surface area contributed by atoms with Gasteiger partial charge in [-0.25, -0.2) is 0 Å². The number of hydrogen-bond acceptors (Lipinski definition) is 2. The van der Waals surface area contributed by atoms with Crippen LogP contribution in [-0.2, 0) is 6.54 Å². The van der Waals surface area contributed by atoms with Gasteiger partial charge >= 0.3 is 0 Å². The van der Waals surface area contributed by atoms with Gasteiger partial charge in [-0.15, -0.1) is 0 Å². The van der Waals surface area contributed by atoms with Gasteiger partial charge in [0.25, 0.3) is 0 Å². The van der Waals surface area contributed by atoms with Crippen molar-refractivity contribution in [3.63, 3.8) is 0 Å². The number of nitrogens with one attached hydrogen (secondary N) is 1. The first-order valence-corrected chi connectivity index (χ1v) is 5.67. The highest BCUT2D eigenvalue weighted by molar-refractivity contribution is 5.39. The molecule has 2 heteroatoms. The van der Waals surface area contributed by atoms with Crippen LogP contribution in [0.25, 0.3) is 0 Å². The number of hydrogen-bond donors (Lipinski definition) is 2. The van der Waals surface area contributed by atoms with Crippen molar-refractivity contribution in [3.05, 3.63) is 29.3 Å². The van der Waals surface area contributed by atoms with Crippen LogP contribution in [-0.4, -0.2) is 11.1 Å². The van der Waals surface area contributed by atoms with Crippen LogP contribution in [0, 0.1) is 12.8 Å². The number of rotatable bonds is 3. The van der Waals surface area contributed by atoms with E-state index < -0.39 is 0 Å². The molecule has 1 fully saturated rings. The van der Waals surface area contributed by atoms with Gasteiger partial charge in [0.2, 0.25) is 0 Å². The Morgan fingerprint density at radius 1 is 1.40 bits per heavy atom. The monoisotopic (exact) mass is 205 g/mol. The van der Waals surface area contributed by atoms with Gasteiger partial charge in [0.1, 0.15) is 5.75 Å². The minimum atomic E-state index is 0.442. The molecule has 0 radical (unpaired) electrons. The van der Waals surface area contributed by atoms with Gasteiger partial charge in [0, 0.05) is 18.2 Å². The fourth-order valence-corrected chi connectivity index (χ4v) is 2.19. The zero-order valence-electron chi connectivity index (χ0n) is 9.46. The van der Waals surface area contributed by atoms with E-state index in [1.54, 1.807) is 0 Å². The molecule has 1 aromatic rings. The van der Waals surface area contributed by atoms with Crippen LogP contribution >= 0.6 is 0 Å². The molecule has 2 rings (SSSR count). The molecule has 82 valence electrons. The molecule has 1 aliphatic rings. The molecule has 1 aromatic carbocycles. The molecule has 2 N–H and O–H groups in total. The first kappa shape index (κ1) is 10.5. The van der Waals surface area contributed by atoms with Gasteiger partial charge < -0.3 is 10.4 Å². The maximum Gasteiger partial charge on any atom is 0.122 e. The summed E-state index contributed by atoms with van der Waals surface area (Å²) in [7, 11) is 0. The largest absolute Gasteiger partial charge is 0.507 e. The molecule has 15 heavy (non-hydrogen) atoms. The number of phenolic OH excluding ortho intramolecular Hbond substituents is 1. The maximum absolute atomic E-state index is 9.81. The molecule has 2 nitrogen and oxygen atoms in total. The second-order valence-electron chi connectivity index (χ2n) is 4.74.